The van der Waals surface area contributed by atoms with Crippen molar-refractivity contribution >= 4 is 29.7 Å². The monoisotopic (exact) mass is 334 g/mol. The van der Waals surface area contributed by atoms with Crippen molar-refractivity contribution < 1.29 is 4.79 Å². The van der Waals surface area contributed by atoms with Crippen molar-refractivity contribution in [1.29, 1.82) is 5.26 Å². The molecule has 23 heavy (non-hydrogen) atoms. The molecule has 1 saturated heterocycles. The summed E-state index contributed by atoms with van der Waals surface area (Å²) in [5.41, 5.74) is 0.120. The van der Waals surface area contributed by atoms with E-state index in [2.05, 4.69) is 26.8 Å². The smallest absolute Gasteiger partial charge is 0.342 e. The lowest BCUT2D eigenvalue weighted by molar-refractivity contribution is 0.227. The van der Waals surface area contributed by atoms with Crippen molar-refractivity contribution in [3.05, 3.63) is 17.0 Å². The first-order valence-electron chi connectivity index (χ1n) is 7.38. The van der Waals surface area contributed by atoms with Crippen LogP contribution in [0.25, 0.3) is 0 Å². The maximum atomic E-state index is 11.6. The first-order chi connectivity index (χ1) is 10.9. The Bertz CT molecular complexity index is 654. The Balaban J connectivity index is 2.16. The van der Waals surface area contributed by atoms with Crippen LogP contribution in [0.4, 0.5) is 10.6 Å². The molecule has 0 saturated carbocycles. The number of hydrogen-bond acceptors (Lipinski definition) is 5. The van der Waals surface area contributed by atoms with E-state index in [0.29, 0.717) is 5.82 Å². The van der Waals surface area contributed by atoms with E-state index in [-0.39, 0.29) is 28.8 Å². The molecular formula is C15H19ClN6O. The number of carbonyl (C=O) groups excluding carboxylic acids is 1. The highest BCUT2D eigenvalue weighted by atomic mass is 35.5. The van der Waals surface area contributed by atoms with Crippen LogP contribution in [-0.4, -0.2) is 53.8 Å². The lowest BCUT2D eigenvalue weighted by Gasteiger charge is -2.38. The number of carbonyl (C=O) groups is 1. The highest BCUT2D eigenvalue weighted by molar-refractivity contribution is 6.30. The van der Waals surface area contributed by atoms with Crippen molar-refractivity contribution in [2.45, 2.75) is 25.8 Å². The standard InChI is InChI=1S/C15H19ClN6O/c1-10-11(8-19-15(23)21(2)3)5-4-6-22(10)13-9-18-12(7-17)14(16)20-13/h8-11H,4-6H2,1-3H3/t10-,11?/m1/s1. The molecule has 0 spiro atoms. The van der Waals surface area contributed by atoms with E-state index in [1.54, 1.807) is 26.5 Å². The zero-order chi connectivity index (χ0) is 17.0. The molecule has 2 heterocycles. The van der Waals surface area contributed by atoms with Crippen LogP contribution in [0.3, 0.4) is 0 Å². The van der Waals surface area contributed by atoms with Gasteiger partial charge in [-0.15, -0.1) is 0 Å². The molecular weight excluding hydrogens is 316 g/mol. The van der Waals surface area contributed by atoms with Gasteiger partial charge < -0.3 is 9.80 Å². The third-order valence-electron chi connectivity index (χ3n) is 3.92. The molecule has 0 aromatic carbocycles. The van der Waals surface area contributed by atoms with Crippen molar-refractivity contribution in [2.75, 3.05) is 25.5 Å². The molecule has 1 aromatic rings. The number of aliphatic imine (C=N–C) groups is 1. The Labute approximate surface area is 140 Å². The van der Waals surface area contributed by atoms with Crippen LogP contribution in [0.2, 0.25) is 5.15 Å². The summed E-state index contributed by atoms with van der Waals surface area (Å²) in [5, 5.41) is 8.98. The molecule has 2 atom stereocenters. The first-order valence-corrected chi connectivity index (χ1v) is 7.76. The van der Waals surface area contributed by atoms with Gasteiger partial charge in [-0.05, 0) is 19.8 Å². The Morgan fingerprint density at radius 3 is 2.96 bits per heavy atom. The molecule has 0 N–H and O–H groups in total. The highest BCUT2D eigenvalue weighted by Gasteiger charge is 2.28. The van der Waals surface area contributed by atoms with Crippen molar-refractivity contribution in [2.24, 2.45) is 10.9 Å². The average molecular weight is 335 g/mol. The summed E-state index contributed by atoms with van der Waals surface area (Å²) >= 11 is 5.97. The van der Waals surface area contributed by atoms with Gasteiger partial charge in [0, 0.05) is 38.8 Å². The first kappa shape index (κ1) is 17.2. The number of piperidine rings is 1. The number of rotatable bonds is 2. The van der Waals surface area contributed by atoms with E-state index >= 15 is 0 Å². The van der Waals surface area contributed by atoms with E-state index in [0.717, 1.165) is 19.4 Å². The van der Waals surface area contributed by atoms with Gasteiger partial charge in [-0.2, -0.15) is 5.26 Å². The summed E-state index contributed by atoms with van der Waals surface area (Å²) in [6.45, 7) is 2.88. The van der Waals surface area contributed by atoms with E-state index in [1.165, 1.54) is 4.90 Å². The number of nitriles is 1. The molecule has 0 bridgehead atoms. The zero-order valence-electron chi connectivity index (χ0n) is 13.4. The van der Waals surface area contributed by atoms with Crippen LogP contribution in [0, 0.1) is 17.2 Å². The minimum atomic E-state index is -0.268. The predicted molar refractivity (Wildman–Crippen MR) is 88.9 cm³/mol. The van der Waals surface area contributed by atoms with Crippen molar-refractivity contribution in [3.8, 4) is 6.07 Å². The Kier molecular flexibility index (Phi) is 5.50. The molecule has 0 aliphatic carbocycles. The lowest BCUT2D eigenvalue weighted by atomic mass is 9.91. The van der Waals surface area contributed by atoms with Gasteiger partial charge in [-0.3, -0.25) is 0 Å². The second-order valence-corrected chi connectivity index (χ2v) is 6.03. The summed E-state index contributed by atoms with van der Waals surface area (Å²) in [4.78, 5) is 27.4. The van der Waals surface area contributed by atoms with Crippen LogP contribution >= 0.6 is 11.6 Å². The molecule has 2 amide bonds. The fraction of sp³-hybridized carbons (Fsp3) is 0.533. The molecule has 1 aliphatic heterocycles. The van der Waals surface area contributed by atoms with Crippen LogP contribution in [0.15, 0.2) is 11.2 Å². The molecule has 7 nitrogen and oxygen atoms in total. The lowest BCUT2D eigenvalue weighted by Crippen LogP contribution is -2.44. The average Bonchev–Trinajstić information content (AvgIpc) is 2.53. The van der Waals surface area contributed by atoms with Crippen molar-refractivity contribution in [3.63, 3.8) is 0 Å². The number of halogens is 1. The SMILES string of the molecule is C[C@@H]1C(C=NC(=O)N(C)C)CCCN1c1cnc(C#N)c(Cl)n1. The summed E-state index contributed by atoms with van der Waals surface area (Å²) in [7, 11) is 3.34. The fourth-order valence-electron chi connectivity index (χ4n) is 2.54. The van der Waals surface area contributed by atoms with Crippen LogP contribution < -0.4 is 4.90 Å². The summed E-state index contributed by atoms with van der Waals surface area (Å²) < 4.78 is 0. The number of aromatic nitrogens is 2. The summed E-state index contributed by atoms with van der Waals surface area (Å²) in [5.74, 6) is 0.780. The van der Waals surface area contributed by atoms with Gasteiger partial charge in [0.05, 0.1) is 6.20 Å². The summed E-state index contributed by atoms with van der Waals surface area (Å²) in [6.07, 6.45) is 5.19. The highest BCUT2D eigenvalue weighted by Crippen LogP contribution is 2.27. The Hall–Kier alpha value is -2.20. The number of hydrogen-bond donors (Lipinski definition) is 0. The molecule has 122 valence electrons. The quantitative estimate of drug-likeness (QED) is 0.775. The topological polar surface area (TPSA) is 85.5 Å². The fourth-order valence-corrected chi connectivity index (χ4v) is 2.72. The molecule has 2 rings (SSSR count). The second kappa shape index (κ2) is 7.38. The van der Waals surface area contributed by atoms with Crippen LogP contribution in [-0.2, 0) is 0 Å². The van der Waals surface area contributed by atoms with E-state index in [9.17, 15) is 4.79 Å². The maximum Gasteiger partial charge on any atom is 0.342 e. The molecule has 1 aromatic heterocycles. The predicted octanol–water partition coefficient (Wildman–Crippen LogP) is 2.36. The molecule has 1 aliphatic rings. The van der Waals surface area contributed by atoms with Gasteiger partial charge in [-0.25, -0.2) is 19.8 Å². The number of urea groups is 1. The van der Waals surface area contributed by atoms with Crippen molar-refractivity contribution in [1.82, 2.24) is 14.9 Å². The number of anilines is 1. The summed E-state index contributed by atoms with van der Waals surface area (Å²) in [6, 6.07) is 1.75. The molecule has 1 fully saturated rings. The third-order valence-corrected chi connectivity index (χ3v) is 4.19. The zero-order valence-corrected chi connectivity index (χ0v) is 14.2. The van der Waals surface area contributed by atoms with Gasteiger partial charge in [0.15, 0.2) is 10.8 Å². The van der Waals surface area contributed by atoms with Gasteiger partial charge in [0.2, 0.25) is 0 Å². The second-order valence-electron chi connectivity index (χ2n) is 5.67. The van der Waals surface area contributed by atoms with E-state index in [4.69, 9.17) is 16.9 Å². The maximum absolute atomic E-state index is 11.6. The normalized spacial score (nSPS) is 21.3. The molecule has 1 unspecified atom stereocenters. The minimum absolute atomic E-state index is 0.107. The van der Waals surface area contributed by atoms with Crippen LogP contribution in [0.1, 0.15) is 25.5 Å². The number of amides is 2. The number of nitrogens with zero attached hydrogens (tertiary/aromatic N) is 6. The third kappa shape index (κ3) is 3.96. The largest absolute Gasteiger partial charge is 0.352 e. The van der Waals surface area contributed by atoms with Gasteiger partial charge >= 0.3 is 6.03 Å². The Morgan fingerprint density at radius 1 is 1.61 bits per heavy atom. The van der Waals surface area contributed by atoms with Gasteiger partial charge in [-0.1, -0.05) is 11.6 Å². The van der Waals surface area contributed by atoms with Crippen LogP contribution in [0.5, 0.6) is 0 Å². The van der Waals surface area contributed by atoms with Gasteiger partial charge in [0.25, 0.3) is 0 Å². The Morgan fingerprint density at radius 2 is 2.35 bits per heavy atom. The van der Waals surface area contributed by atoms with Gasteiger partial charge in [0.1, 0.15) is 11.9 Å². The molecule has 8 heteroatoms. The van der Waals surface area contributed by atoms with E-state index in [1.807, 2.05) is 6.07 Å². The van der Waals surface area contributed by atoms with E-state index < -0.39 is 0 Å². The molecule has 0 radical (unpaired) electrons. The minimum Gasteiger partial charge on any atom is -0.352 e.